The van der Waals surface area contributed by atoms with E-state index in [1.165, 1.54) is 22.8 Å². The zero-order chi connectivity index (χ0) is 26.0. The summed E-state index contributed by atoms with van der Waals surface area (Å²) in [5.41, 5.74) is 1.93. The number of fused-ring (bicyclic) bond motifs is 1. The van der Waals surface area contributed by atoms with E-state index in [9.17, 15) is 14.4 Å². The molecule has 1 unspecified atom stereocenters. The van der Waals surface area contributed by atoms with Crippen molar-refractivity contribution in [3.05, 3.63) is 90.6 Å². The first-order valence-electron chi connectivity index (χ1n) is 11.3. The minimum absolute atomic E-state index is 0.292. The number of carbonyl (C=O) groups excluding carboxylic acids is 2. The van der Waals surface area contributed by atoms with Crippen molar-refractivity contribution in [3.8, 4) is 11.5 Å². The summed E-state index contributed by atoms with van der Waals surface area (Å²) in [5, 5.41) is 0. The highest BCUT2D eigenvalue weighted by Crippen LogP contribution is 2.31. The number of carbonyl (C=O) groups is 2. The van der Waals surface area contributed by atoms with E-state index in [1.54, 1.807) is 64.3 Å². The average molecular weight is 507 g/mol. The number of methoxy groups -OCH3 is 1. The van der Waals surface area contributed by atoms with Crippen molar-refractivity contribution in [2.45, 2.75) is 39.8 Å². The molecule has 0 amide bonds. The monoisotopic (exact) mass is 506 g/mol. The maximum atomic E-state index is 13.7. The van der Waals surface area contributed by atoms with Crippen LogP contribution in [0.5, 0.6) is 11.5 Å². The maximum absolute atomic E-state index is 13.7. The molecule has 4 rings (SSSR count). The van der Waals surface area contributed by atoms with E-state index >= 15 is 0 Å². The van der Waals surface area contributed by atoms with Gasteiger partial charge in [0.2, 0.25) is 0 Å². The summed E-state index contributed by atoms with van der Waals surface area (Å²) in [6, 6.07) is 13.4. The molecule has 2 heterocycles. The normalized spacial score (nSPS) is 15.4. The molecule has 0 bridgehead atoms. The second-order valence-electron chi connectivity index (χ2n) is 8.48. The van der Waals surface area contributed by atoms with Crippen LogP contribution in [0.2, 0.25) is 0 Å². The number of esters is 2. The van der Waals surface area contributed by atoms with Gasteiger partial charge in [0, 0.05) is 6.92 Å². The highest BCUT2D eigenvalue weighted by molar-refractivity contribution is 7.07. The average Bonchev–Trinajstić information content (AvgIpc) is 3.12. The van der Waals surface area contributed by atoms with Gasteiger partial charge in [0.15, 0.2) is 4.80 Å². The van der Waals surface area contributed by atoms with Crippen LogP contribution in [-0.2, 0) is 14.3 Å². The molecule has 1 atom stereocenters. The van der Waals surface area contributed by atoms with E-state index in [4.69, 9.17) is 14.2 Å². The summed E-state index contributed by atoms with van der Waals surface area (Å²) < 4.78 is 17.9. The van der Waals surface area contributed by atoms with Crippen LogP contribution in [0.25, 0.3) is 6.08 Å². The predicted molar refractivity (Wildman–Crippen MR) is 136 cm³/mol. The first-order valence-corrected chi connectivity index (χ1v) is 12.2. The lowest BCUT2D eigenvalue weighted by atomic mass is 9.96. The van der Waals surface area contributed by atoms with Crippen molar-refractivity contribution in [2.24, 2.45) is 4.99 Å². The molecule has 0 radical (unpaired) electrons. The Balaban J connectivity index is 1.89. The number of allylic oxidation sites excluding steroid dienone is 1. The van der Waals surface area contributed by atoms with Gasteiger partial charge in [-0.2, -0.15) is 0 Å². The predicted octanol–water partition coefficient (Wildman–Crippen LogP) is 3.12. The van der Waals surface area contributed by atoms with Crippen LogP contribution in [0, 0.1) is 0 Å². The molecule has 1 aliphatic rings. The molecule has 0 saturated carbocycles. The largest absolute Gasteiger partial charge is 0.497 e. The Hall–Kier alpha value is -3.98. The van der Waals surface area contributed by atoms with Crippen LogP contribution in [-0.4, -0.2) is 29.7 Å². The number of benzene rings is 2. The number of hydrogen-bond donors (Lipinski definition) is 0. The fraction of sp³-hybridized carbons (Fsp3) is 0.259. The van der Waals surface area contributed by atoms with Crippen molar-refractivity contribution < 1.29 is 23.8 Å². The third-order valence-corrected chi connectivity index (χ3v) is 6.42. The zero-order valence-corrected chi connectivity index (χ0v) is 21.4. The lowest BCUT2D eigenvalue weighted by molar-refractivity contribution is -0.143. The summed E-state index contributed by atoms with van der Waals surface area (Å²) >= 11 is 1.22. The Morgan fingerprint density at radius 1 is 1.11 bits per heavy atom. The van der Waals surface area contributed by atoms with Gasteiger partial charge in [-0.15, -0.1) is 0 Å². The molecular weight excluding hydrogens is 480 g/mol. The molecule has 1 aliphatic heterocycles. The SMILES string of the molecule is COc1ccc(C2C(C(=O)OC(C)C)=C(C)N=c3s/c(=C\c4cccc(OC(C)=O)c4)c(=O)n32)cc1. The van der Waals surface area contributed by atoms with E-state index < -0.39 is 18.0 Å². The summed E-state index contributed by atoms with van der Waals surface area (Å²) in [7, 11) is 1.57. The first kappa shape index (κ1) is 25.1. The van der Waals surface area contributed by atoms with Gasteiger partial charge in [-0.25, -0.2) is 9.79 Å². The first-order chi connectivity index (χ1) is 17.2. The van der Waals surface area contributed by atoms with E-state index in [-0.39, 0.29) is 11.7 Å². The fourth-order valence-electron chi connectivity index (χ4n) is 3.95. The smallest absolute Gasteiger partial charge is 0.338 e. The highest BCUT2D eigenvalue weighted by Gasteiger charge is 2.33. The molecular formula is C27H26N2O6S. The molecule has 0 aliphatic carbocycles. The number of ether oxygens (including phenoxy) is 3. The molecule has 3 aromatic rings. The summed E-state index contributed by atoms with van der Waals surface area (Å²) in [5.74, 6) is 0.0956. The second-order valence-corrected chi connectivity index (χ2v) is 9.48. The van der Waals surface area contributed by atoms with E-state index in [2.05, 4.69) is 4.99 Å². The minimum Gasteiger partial charge on any atom is -0.497 e. The molecule has 8 nitrogen and oxygen atoms in total. The lowest BCUT2D eigenvalue weighted by Crippen LogP contribution is -2.40. The van der Waals surface area contributed by atoms with Crippen molar-refractivity contribution >= 4 is 29.4 Å². The summed E-state index contributed by atoms with van der Waals surface area (Å²) in [6.45, 7) is 6.62. The number of nitrogens with zero attached hydrogens (tertiary/aromatic N) is 2. The van der Waals surface area contributed by atoms with Crippen LogP contribution in [0.15, 0.2) is 69.6 Å². The summed E-state index contributed by atoms with van der Waals surface area (Å²) in [6.07, 6.45) is 1.39. The quantitative estimate of drug-likeness (QED) is 0.377. The molecule has 0 spiro atoms. The van der Waals surface area contributed by atoms with Crippen LogP contribution >= 0.6 is 11.3 Å². The van der Waals surface area contributed by atoms with E-state index in [0.717, 1.165) is 5.56 Å². The highest BCUT2D eigenvalue weighted by atomic mass is 32.1. The molecule has 186 valence electrons. The van der Waals surface area contributed by atoms with Gasteiger partial charge in [-0.1, -0.05) is 35.6 Å². The van der Waals surface area contributed by atoms with Gasteiger partial charge in [0.25, 0.3) is 5.56 Å². The molecule has 9 heteroatoms. The molecule has 36 heavy (non-hydrogen) atoms. The Morgan fingerprint density at radius 3 is 2.47 bits per heavy atom. The number of hydrogen-bond acceptors (Lipinski definition) is 8. The van der Waals surface area contributed by atoms with Crippen molar-refractivity contribution in [1.82, 2.24) is 4.57 Å². The van der Waals surface area contributed by atoms with Crippen molar-refractivity contribution in [2.75, 3.05) is 7.11 Å². The van der Waals surface area contributed by atoms with Gasteiger partial charge >= 0.3 is 11.9 Å². The van der Waals surface area contributed by atoms with Gasteiger partial charge in [0.05, 0.1) is 35.1 Å². The van der Waals surface area contributed by atoms with Crippen LogP contribution in [0.1, 0.15) is 44.9 Å². The second kappa shape index (κ2) is 10.3. The standard InChI is InChI=1S/C27H26N2O6S/c1-15(2)34-26(32)23-16(3)28-27-29(24(23)19-9-11-20(33-5)12-10-19)25(31)22(36-27)14-18-7-6-8-21(13-18)35-17(4)30/h6-15,24H,1-5H3/b22-14-. The van der Waals surface area contributed by atoms with Crippen LogP contribution < -0.4 is 24.4 Å². The molecule has 0 saturated heterocycles. The Bertz CT molecular complexity index is 1530. The summed E-state index contributed by atoms with van der Waals surface area (Å²) in [4.78, 5) is 43.2. The Kier molecular flexibility index (Phi) is 7.21. The Labute approximate surface area is 211 Å². The van der Waals surface area contributed by atoms with Gasteiger partial charge in [-0.05, 0) is 62.2 Å². The fourth-order valence-corrected chi connectivity index (χ4v) is 4.99. The van der Waals surface area contributed by atoms with Crippen molar-refractivity contribution in [1.29, 1.82) is 0 Å². The maximum Gasteiger partial charge on any atom is 0.338 e. The third kappa shape index (κ3) is 5.16. The Morgan fingerprint density at radius 2 is 1.83 bits per heavy atom. The number of thiazole rings is 1. The number of rotatable bonds is 6. The van der Waals surface area contributed by atoms with Crippen LogP contribution in [0.4, 0.5) is 0 Å². The van der Waals surface area contributed by atoms with E-state index in [0.29, 0.717) is 37.7 Å². The molecule has 1 aromatic heterocycles. The van der Waals surface area contributed by atoms with Gasteiger partial charge < -0.3 is 14.2 Å². The molecule has 0 fully saturated rings. The topological polar surface area (TPSA) is 96.2 Å². The van der Waals surface area contributed by atoms with E-state index in [1.807, 2.05) is 18.2 Å². The zero-order valence-electron chi connectivity index (χ0n) is 20.6. The van der Waals surface area contributed by atoms with Gasteiger partial charge in [-0.3, -0.25) is 14.2 Å². The number of aromatic nitrogens is 1. The van der Waals surface area contributed by atoms with Gasteiger partial charge in [0.1, 0.15) is 11.5 Å². The van der Waals surface area contributed by atoms with Crippen LogP contribution in [0.3, 0.4) is 0 Å². The lowest BCUT2D eigenvalue weighted by Gasteiger charge is -2.25. The minimum atomic E-state index is -0.715. The third-order valence-electron chi connectivity index (χ3n) is 5.43. The molecule has 2 aromatic carbocycles. The van der Waals surface area contributed by atoms with Crippen molar-refractivity contribution in [3.63, 3.8) is 0 Å². The molecule has 0 N–H and O–H groups in total.